The molecule has 3 aliphatic carbocycles. The molecule has 7 heteroatoms. The second-order valence-corrected chi connectivity index (χ2v) is 12.5. The van der Waals surface area contributed by atoms with Gasteiger partial charge in [-0.1, -0.05) is 73.7 Å². The number of para-hydroxylation sites is 1. The molecule has 0 radical (unpaired) electrons. The maximum atomic E-state index is 14.2. The summed E-state index contributed by atoms with van der Waals surface area (Å²) < 4.78 is 5.76. The van der Waals surface area contributed by atoms with Gasteiger partial charge < -0.3 is 9.64 Å². The monoisotopic (exact) mass is 596 g/mol. The molecule has 0 spiro atoms. The standard InChI is InChI=1S/C38H32N2O5/c1-3-22-10-4-9-15-30(22)39-20-23(19-31(39)41)38(44)45-24-16-17-29(21(2)18-24)40-36(42)34-32-25-11-5-6-12-26(25)33(35(34)37(40)43)28-14-8-7-13-27(28)32/h4-18,23,32-35H,3,19-20H2,1-2H3/t23-,32?,33?,34-,35+/m1/s1. The van der Waals surface area contributed by atoms with Crippen molar-refractivity contribution in [2.45, 2.75) is 38.5 Å². The third kappa shape index (κ3) is 4.03. The van der Waals surface area contributed by atoms with Crippen molar-refractivity contribution >= 4 is 35.1 Å². The highest BCUT2D eigenvalue weighted by Crippen LogP contribution is 2.61. The fraction of sp³-hybridized carbons (Fsp3) is 0.263. The molecule has 2 bridgehead atoms. The minimum atomic E-state index is -0.592. The summed E-state index contributed by atoms with van der Waals surface area (Å²) in [6, 6.07) is 29.1. The van der Waals surface area contributed by atoms with E-state index < -0.39 is 23.7 Å². The molecule has 2 heterocycles. The predicted molar refractivity (Wildman–Crippen MR) is 169 cm³/mol. The Balaban J connectivity index is 1.04. The number of ether oxygens (including phenoxy) is 1. The van der Waals surface area contributed by atoms with E-state index in [1.165, 1.54) is 4.90 Å². The highest BCUT2D eigenvalue weighted by atomic mass is 16.5. The molecule has 2 saturated heterocycles. The van der Waals surface area contributed by atoms with Crippen molar-refractivity contribution in [3.05, 3.63) is 124 Å². The highest BCUT2D eigenvalue weighted by Gasteiger charge is 2.61. The van der Waals surface area contributed by atoms with Gasteiger partial charge in [-0.2, -0.15) is 0 Å². The molecule has 4 aromatic carbocycles. The average molecular weight is 597 g/mol. The van der Waals surface area contributed by atoms with Crippen LogP contribution in [-0.4, -0.2) is 30.2 Å². The van der Waals surface area contributed by atoms with E-state index in [2.05, 4.69) is 24.3 Å². The summed E-state index contributed by atoms with van der Waals surface area (Å²) in [5.74, 6) is -2.51. The molecule has 0 aromatic heterocycles. The number of carbonyl (C=O) groups is 4. The van der Waals surface area contributed by atoms with Crippen LogP contribution in [0.4, 0.5) is 11.4 Å². The van der Waals surface area contributed by atoms with E-state index >= 15 is 0 Å². The van der Waals surface area contributed by atoms with Crippen LogP contribution in [0.25, 0.3) is 0 Å². The van der Waals surface area contributed by atoms with E-state index in [1.807, 2.05) is 62.4 Å². The van der Waals surface area contributed by atoms with Gasteiger partial charge in [-0.25, -0.2) is 4.90 Å². The SMILES string of the molecule is CCc1ccccc1N1C[C@H](C(=O)Oc2ccc(N3C(=O)[C@@H]4C5c6ccccc6C(c6ccccc65)[C@@H]4C3=O)c(C)c2)CC1=O. The summed E-state index contributed by atoms with van der Waals surface area (Å²) in [6.45, 7) is 4.12. The molecule has 3 atom stereocenters. The minimum Gasteiger partial charge on any atom is -0.426 e. The number of carbonyl (C=O) groups excluding carboxylic acids is 4. The number of hydrogen-bond acceptors (Lipinski definition) is 5. The number of esters is 1. The summed E-state index contributed by atoms with van der Waals surface area (Å²) >= 11 is 0. The first-order valence-electron chi connectivity index (χ1n) is 15.6. The van der Waals surface area contributed by atoms with Crippen LogP contribution in [-0.2, 0) is 25.6 Å². The molecular weight excluding hydrogens is 564 g/mol. The third-order valence-corrected chi connectivity index (χ3v) is 10.2. The van der Waals surface area contributed by atoms with E-state index in [0.717, 1.165) is 39.9 Å². The first-order valence-corrected chi connectivity index (χ1v) is 15.6. The molecule has 9 rings (SSSR count). The number of benzene rings is 4. The van der Waals surface area contributed by atoms with Gasteiger partial charge in [-0.15, -0.1) is 0 Å². The largest absolute Gasteiger partial charge is 0.426 e. The van der Waals surface area contributed by atoms with Gasteiger partial charge in [-0.05, 0) is 71.0 Å². The second kappa shape index (κ2) is 10.3. The van der Waals surface area contributed by atoms with E-state index in [4.69, 9.17) is 4.74 Å². The van der Waals surface area contributed by atoms with Crippen molar-refractivity contribution in [3.8, 4) is 5.75 Å². The van der Waals surface area contributed by atoms with Crippen LogP contribution in [0.1, 0.15) is 58.6 Å². The number of rotatable bonds is 5. The number of hydrogen-bond donors (Lipinski definition) is 0. The van der Waals surface area contributed by atoms with Crippen molar-refractivity contribution in [1.29, 1.82) is 0 Å². The molecule has 224 valence electrons. The lowest BCUT2D eigenvalue weighted by atomic mass is 9.55. The minimum absolute atomic E-state index is 0.0839. The van der Waals surface area contributed by atoms with E-state index in [9.17, 15) is 19.2 Å². The van der Waals surface area contributed by atoms with Crippen LogP contribution in [0.2, 0.25) is 0 Å². The molecule has 2 fully saturated rings. The Morgan fingerprint density at radius 3 is 1.87 bits per heavy atom. The Morgan fingerprint density at radius 1 is 0.756 bits per heavy atom. The molecule has 5 aliphatic rings. The van der Waals surface area contributed by atoms with E-state index in [1.54, 1.807) is 23.1 Å². The number of amides is 3. The van der Waals surface area contributed by atoms with Crippen molar-refractivity contribution in [2.24, 2.45) is 17.8 Å². The Hall–Kier alpha value is -5.04. The van der Waals surface area contributed by atoms with Crippen molar-refractivity contribution in [3.63, 3.8) is 0 Å². The van der Waals surface area contributed by atoms with Gasteiger partial charge in [0.1, 0.15) is 5.75 Å². The summed E-state index contributed by atoms with van der Waals surface area (Å²) in [5.41, 5.74) is 7.57. The van der Waals surface area contributed by atoms with Crippen LogP contribution in [0, 0.1) is 24.7 Å². The zero-order chi connectivity index (χ0) is 31.0. The quantitative estimate of drug-likeness (QED) is 0.162. The molecule has 0 saturated carbocycles. The van der Waals surface area contributed by atoms with E-state index in [-0.39, 0.29) is 42.5 Å². The van der Waals surface area contributed by atoms with Gasteiger partial charge in [0.15, 0.2) is 0 Å². The van der Waals surface area contributed by atoms with Gasteiger partial charge >= 0.3 is 5.97 Å². The summed E-state index contributed by atoms with van der Waals surface area (Å²) in [7, 11) is 0. The lowest BCUT2D eigenvalue weighted by molar-refractivity contribution is -0.139. The predicted octanol–water partition coefficient (Wildman–Crippen LogP) is 5.91. The number of imide groups is 1. The maximum absolute atomic E-state index is 14.2. The molecule has 2 aliphatic heterocycles. The summed E-state index contributed by atoms with van der Waals surface area (Å²) in [5, 5.41) is 0. The molecule has 7 nitrogen and oxygen atoms in total. The molecule has 45 heavy (non-hydrogen) atoms. The Morgan fingerprint density at radius 2 is 1.31 bits per heavy atom. The van der Waals surface area contributed by atoms with Crippen LogP contribution in [0.3, 0.4) is 0 Å². The third-order valence-electron chi connectivity index (χ3n) is 10.2. The zero-order valence-electron chi connectivity index (χ0n) is 25.1. The zero-order valence-corrected chi connectivity index (χ0v) is 25.1. The normalized spacial score (nSPS) is 24.5. The summed E-state index contributed by atoms with van der Waals surface area (Å²) in [6.07, 6.45) is 0.867. The summed E-state index contributed by atoms with van der Waals surface area (Å²) in [4.78, 5) is 57.4. The van der Waals surface area contributed by atoms with Gasteiger partial charge in [0, 0.05) is 30.5 Å². The topological polar surface area (TPSA) is 84.0 Å². The maximum Gasteiger partial charge on any atom is 0.316 e. The first kappa shape index (κ1) is 27.5. The number of nitrogens with zero attached hydrogens (tertiary/aromatic N) is 2. The number of aryl methyl sites for hydroxylation is 2. The van der Waals surface area contributed by atoms with Gasteiger partial charge in [0.2, 0.25) is 17.7 Å². The molecule has 4 aromatic rings. The molecule has 0 unspecified atom stereocenters. The Bertz CT molecular complexity index is 1820. The van der Waals surface area contributed by atoms with Crippen LogP contribution >= 0.6 is 0 Å². The smallest absolute Gasteiger partial charge is 0.316 e. The number of anilines is 2. The lowest BCUT2D eigenvalue weighted by Crippen LogP contribution is -2.41. The lowest BCUT2D eigenvalue weighted by Gasteiger charge is -2.45. The van der Waals surface area contributed by atoms with Gasteiger partial charge in [0.05, 0.1) is 23.4 Å². The molecular formula is C38H32N2O5. The van der Waals surface area contributed by atoms with Crippen molar-refractivity contribution < 1.29 is 23.9 Å². The fourth-order valence-corrected chi connectivity index (χ4v) is 8.23. The van der Waals surface area contributed by atoms with Crippen LogP contribution in [0.5, 0.6) is 5.75 Å². The average Bonchev–Trinajstić information content (AvgIpc) is 3.58. The first-order chi connectivity index (χ1) is 21.9. The highest BCUT2D eigenvalue weighted by molar-refractivity contribution is 6.23. The fourth-order valence-electron chi connectivity index (χ4n) is 8.23. The van der Waals surface area contributed by atoms with E-state index in [0.29, 0.717) is 17.0 Å². The van der Waals surface area contributed by atoms with Crippen molar-refractivity contribution in [1.82, 2.24) is 0 Å². The van der Waals surface area contributed by atoms with Crippen LogP contribution in [0.15, 0.2) is 91.0 Å². The van der Waals surface area contributed by atoms with Crippen LogP contribution < -0.4 is 14.5 Å². The van der Waals surface area contributed by atoms with Crippen molar-refractivity contribution in [2.75, 3.05) is 16.3 Å². The molecule has 0 N–H and O–H groups in total. The molecule has 3 amide bonds. The van der Waals surface area contributed by atoms with Gasteiger partial charge in [-0.3, -0.25) is 19.2 Å². The second-order valence-electron chi connectivity index (χ2n) is 12.5. The van der Waals surface area contributed by atoms with Gasteiger partial charge in [0.25, 0.3) is 0 Å². The Kier molecular flexibility index (Phi) is 6.27. The Labute approximate surface area is 261 Å².